The molecule has 0 saturated carbocycles. The van der Waals surface area contributed by atoms with Crippen LogP contribution in [0.1, 0.15) is 24.4 Å². The Morgan fingerprint density at radius 3 is 2.71 bits per heavy atom. The highest BCUT2D eigenvalue weighted by Crippen LogP contribution is 2.20. The van der Waals surface area contributed by atoms with Crippen LogP contribution in [-0.4, -0.2) is 24.2 Å². The van der Waals surface area contributed by atoms with Gasteiger partial charge in [-0.1, -0.05) is 0 Å². The summed E-state index contributed by atoms with van der Waals surface area (Å²) in [7, 11) is 0. The van der Waals surface area contributed by atoms with Crippen molar-refractivity contribution in [1.29, 1.82) is 0 Å². The average molecular weight is 214 g/mol. The third kappa shape index (κ3) is 3.27. The van der Waals surface area contributed by atoms with Crippen LogP contribution in [0.5, 0.6) is 0 Å². The fraction of sp³-hybridized carbons (Fsp3) is 0.700. The minimum atomic E-state index is 0.240. The van der Waals surface area contributed by atoms with Crippen molar-refractivity contribution in [1.82, 2.24) is 4.98 Å². The number of ether oxygens (including phenoxy) is 1. The lowest BCUT2D eigenvalue weighted by Gasteiger charge is -2.11. The summed E-state index contributed by atoms with van der Waals surface area (Å²) in [4.78, 5) is 5.67. The van der Waals surface area contributed by atoms with Gasteiger partial charge >= 0.3 is 0 Å². The van der Waals surface area contributed by atoms with E-state index in [9.17, 15) is 0 Å². The first-order valence-corrected chi connectivity index (χ1v) is 5.74. The highest BCUT2D eigenvalue weighted by molar-refractivity contribution is 7.15. The van der Waals surface area contributed by atoms with Gasteiger partial charge in [0.05, 0.1) is 11.8 Å². The number of nitrogens with one attached hydrogen (secondary N) is 1. The van der Waals surface area contributed by atoms with Crippen molar-refractivity contribution in [2.45, 2.75) is 33.8 Å². The zero-order valence-electron chi connectivity index (χ0n) is 9.26. The molecule has 0 spiro atoms. The molecule has 3 nitrogen and oxygen atoms in total. The van der Waals surface area contributed by atoms with Gasteiger partial charge in [-0.05, 0) is 27.7 Å². The van der Waals surface area contributed by atoms with Crippen LogP contribution in [0.15, 0.2) is 0 Å². The number of nitrogens with zero attached hydrogens (tertiary/aromatic N) is 1. The first-order valence-electron chi connectivity index (χ1n) is 4.93. The van der Waals surface area contributed by atoms with Gasteiger partial charge in [0.2, 0.25) is 0 Å². The summed E-state index contributed by atoms with van der Waals surface area (Å²) in [6.07, 6.45) is 0.240. The van der Waals surface area contributed by atoms with Gasteiger partial charge in [0.1, 0.15) is 0 Å². The third-order valence-corrected chi connectivity index (χ3v) is 3.05. The number of hydrogen-bond acceptors (Lipinski definition) is 4. The SMILES string of the molecule is CCOC(C)CNc1nc(C)c(C)s1. The van der Waals surface area contributed by atoms with Crippen LogP contribution in [-0.2, 0) is 4.74 Å². The summed E-state index contributed by atoms with van der Waals surface area (Å²) in [5, 5.41) is 4.27. The second kappa shape index (κ2) is 5.32. The normalized spacial score (nSPS) is 12.9. The highest BCUT2D eigenvalue weighted by atomic mass is 32.1. The summed E-state index contributed by atoms with van der Waals surface area (Å²) in [5.41, 5.74) is 1.11. The summed E-state index contributed by atoms with van der Waals surface area (Å²) >= 11 is 1.70. The molecule has 0 bridgehead atoms. The fourth-order valence-corrected chi connectivity index (χ4v) is 1.94. The molecule has 4 heteroatoms. The topological polar surface area (TPSA) is 34.1 Å². The van der Waals surface area contributed by atoms with Crippen LogP contribution in [0.3, 0.4) is 0 Å². The van der Waals surface area contributed by atoms with E-state index in [2.05, 4.69) is 24.1 Å². The second-order valence-electron chi connectivity index (χ2n) is 3.31. The minimum Gasteiger partial charge on any atom is -0.377 e. The van der Waals surface area contributed by atoms with Crippen LogP contribution < -0.4 is 5.32 Å². The van der Waals surface area contributed by atoms with Crippen molar-refractivity contribution in [2.24, 2.45) is 0 Å². The Morgan fingerprint density at radius 2 is 2.21 bits per heavy atom. The molecule has 0 aromatic carbocycles. The van der Waals surface area contributed by atoms with Crippen LogP contribution in [0.2, 0.25) is 0 Å². The number of anilines is 1. The van der Waals surface area contributed by atoms with Crippen molar-refractivity contribution in [3.8, 4) is 0 Å². The van der Waals surface area contributed by atoms with Gasteiger partial charge in [0.15, 0.2) is 5.13 Å². The molecule has 14 heavy (non-hydrogen) atoms. The van der Waals surface area contributed by atoms with Crippen molar-refractivity contribution in [3.05, 3.63) is 10.6 Å². The van der Waals surface area contributed by atoms with E-state index in [1.165, 1.54) is 4.88 Å². The third-order valence-electron chi connectivity index (χ3n) is 2.02. The van der Waals surface area contributed by atoms with Crippen LogP contribution in [0.4, 0.5) is 5.13 Å². The predicted molar refractivity (Wildman–Crippen MR) is 61.2 cm³/mol. The minimum absolute atomic E-state index is 0.240. The first-order chi connectivity index (χ1) is 6.63. The lowest BCUT2D eigenvalue weighted by atomic mass is 10.4. The Hall–Kier alpha value is -0.610. The maximum atomic E-state index is 5.41. The Balaban J connectivity index is 2.38. The Bertz CT molecular complexity index is 266. The van der Waals surface area contributed by atoms with Crippen LogP contribution in [0, 0.1) is 13.8 Å². The molecule has 0 aliphatic heterocycles. The zero-order chi connectivity index (χ0) is 10.6. The lowest BCUT2D eigenvalue weighted by Crippen LogP contribution is -2.19. The average Bonchev–Trinajstić information content (AvgIpc) is 2.44. The number of hydrogen-bond donors (Lipinski definition) is 1. The molecule has 1 heterocycles. The molecule has 0 radical (unpaired) electrons. The quantitative estimate of drug-likeness (QED) is 0.818. The molecule has 1 rings (SSSR count). The summed E-state index contributed by atoms with van der Waals surface area (Å²) in [5.74, 6) is 0. The molecule has 0 fully saturated rings. The van der Waals surface area contributed by atoms with E-state index >= 15 is 0 Å². The standard InChI is InChI=1S/C10H18N2OS/c1-5-13-7(2)6-11-10-12-8(3)9(4)14-10/h7H,5-6H2,1-4H3,(H,11,12). The Kier molecular flexibility index (Phi) is 4.35. The molecule has 1 unspecified atom stereocenters. The van der Waals surface area contributed by atoms with Gasteiger partial charge in [0, 0.05) is 18.0 Å². The van der Waals surface area contributed by atoms with E-state index in [1.54, 1.807) is 11.3 Å². The van der Waals surface area contributed by atoms with E-state index in [1.807, 2.05) is 13.8 Å². The van der Waals surface area contributed by atoms with E-state index in [0.717, 1.165) is 24.0 Å². The molecule has 80 valence electrons. The first kappa shape index (κ1) is 11.5. The van der Waals surface area contributed by atoms with Crippen LogP contribution >= 0.6 is 11.3 Å². The molecule has 0 amide bonds. The number of rotatable bonds is 5. The molecule has 1 N–H and O–H groups in total. The smallest absolute Gasteiger partial charge is 0.183 e. The van der Waals surface area contributed by atoms with Gasteiger partial charge in [0.25, 0.3) is 0 Å². The van der Waals surface area contributed by atoms with Gasteiger partial charge in [-0.2, -0.15) is 0 Å². The highest BCUT2D eigenvalue weighted by Gasteiger charge is 2.05. The molecular weight excluding hydrogens is 196 g/mol. The van der Waals surface area contributed by atoms with Crippen molar-refractivity contribution >= 4 is 16.5 Å². The summed E-state index contributed by atoms with van der Waals surface area (Å²) in [6, 6.07) is 0. The fourth-order valence-electron chi connectivity index (χ4n) is 1.12. The Morgan fingerprint density at radius 1 is 1.50 bits per heavy atom. The molecule has 1 atom stereocenters. The van der Waals surface area contributed by atoms with E-state index < -0.39 is 0 Å². The van der Waals surface area contributed by atoms with Crippen molar-refractivity contribution in [3.63, 3.8) is 0 Å². The largest absolute Gasteiger partial charge is 0.377 e. The van der Waals surface area contributed by atoms with Gasteiger partial charge in [-0.3, -0.25) is 0 Å². The molecule has 1 aromatic rings. The summed E-state index contributed by atoms with van der Waals surface area (Å²) in [6.45, 7) is 9.77. The number of aryl methyl sites for hydroxylation is 2. The van der Waals surface area contributed by atoms with Crippen molar-refractivity contribution in [2.75, 3.05) is 18.5 Å². The monoisotopic (exact) mass is 214 g/mol. The maximum absolute atomic E-state index is 5.41. The van der Waals surface area contributed by atoms with Crippen molar-refractivity contribution < 1.29 is 4.74 Å². The maximum Gasteiger partial charge on any atom is 0.183 e. The van der Waals surface area contributed by atoms with Gasteiger partial charge in [-0.25, -0.2) is 4.98 Å². The number of thiazole rings is 1. The molecule has 0 saturated heterocycles. The second-order valence-corrected chi connectivity index (χ2v) is 4.51. The number of aromatic nitrogens is 1. The van der Waals surface area contributed by atoms with Gasteiger partial charge < -0.3 is 10.1 Å². The van der Waals surface area contributed by atoms with E-state index in [0.29, 0.717) is 0 Å². The molecule has 1 aromatic heterocycles. The zero-order valence-corrected chi connectivity index (χ0v) is 10.1. The summed E-state index contributed by atoms with van der Waals surface area (Å²) < 4.78 is 5.41. The van der Waals surface area contributed by atoms with Gasteiger partial charge in [-0.15, -0.1) is 11.3 Å². The molecular formula is C10H18N2OS. The van der Waals surface area contributed by atoms with E-state index in [-0.39, 0.29) is 6.10 Å². The Labute approximate surface area is 89.5 Å². The van der Waals surface area contributed by atoms with E-state index in [4.69, 9.17) is 4.74 Å². The predicted octanol–water partition coefficient (Wildman–Crippen LogP) is 2.60. The van der Waals surface area contributed by atoms with Crippen LogP contribution in [0.25, 0.3) is 0 Å². The molecule has 0 aliphatic carbocycles. The lowest BCUT2D eigenvalue weighted by molar-refractivity contribution is 0.0855. The molecule has 0 aliphatic rings.